The van der Waals surface area contributed by atoms with Crippen molar-refractivity contribution in [3.05, 3.63) is 83.2 Å². The van der Waals surface area contributed by atoms with Crippen molar-refractivity contribution in [1.29, 1.82) is 0 Å². The first-order valence-corrected chi connectivity index (χ1v) is 14.0. The second-order valence-electron chi connectivity index (χ2n) is 7.86. The van der Waals surface area contributed by atoms with Crippen molar-refractivity contribution in [2.45, 2.75) is 23.5 Å². The number of aromatic nitrogens is 1. The zero-order valence-corrected chi connectivity index (χ0v) is 23.4. The summed E-state index contributed by atoms with van der Waals surface area (Å²) < 4.78 is 5.37. The normalized spacial score (nSPS) is 11.4. The van der Waals surface area contributed by atoms with Crippen LogP contribution in [0.3, 0.4) is 0 Å². The van der Waals surface area contributed by atoms with Crippen LogP contribution in [0.2, 0.25) is 5.02 Å². The number of carbonyl (C=O) groups is 1. The van der Waals surface area contributed by atoms with E-state index in [0.29, 0.717) is 27.4 Å². The molecule has 1 atom stereocenters. The predicted molar refractivity (Wildman–Crippen MR) is 160 cm³/mol. The lowest BCUT2D eigenvalue weighted by Gasteiger charge is -2.16. The summed E-state index contributed by atoms with van der Waals surface area (Å²) in [6.07, 6.45) is 0.664. The molecule has 10 heteroatoms. The minimum atomic E-state index is -0.281. The summed E-state index contributed by atoms with van der Waals surface area (Å²) in [5.41, 5.74) is 3.34. The number of ether oxygens (including phenoxy) is 1. The maximum absolute atomic E-state index is 13.0. The number of nitrogens with zero attached hydrogens (tertiary/aromatic N) is 1. The van der Waals surface area contributed by atoms with Gasteiger partial charge in [0.15, 0.2) is 10.2 Å². The predicted octanol–water partition coefficient (Wildman–Crippen LogP) is 7.79. The summed E-state index contributed by atoms with van der Waals surface area (Å²) in [7, 11) is 1.62. The highest BCUT2D eigenvalue weighted by Gasteiger charge is 2.20. The number of rotatable bonds is 9. The van der Waals surface area contributed by atoms with Crippen LogP contribution >= 0.6 is 46.9 Å². The number of thioether (sulfide) groups is 1. The van der Waals surface area contributed by atoms with Crippen LogP contribution in [0.25, 0.3) is 11.3 Å². The molecule has 0 bridgehead atoms. The largest absolute Gasteiger partial charge is 0.495 e. The van der Waals surface area contributed by atoms with Crippen LogP contribution in [0.4, 0.5) is 16.5 Å². The zero-order valence-electron chi connectivity index (χ0n) is 20.2. The van der Waals surface area contributed by atoms with Crippen molar-refractivity contribution in [2.24, 2.45) is 0 Å². The average Bonchev–Trinajstić information content (AvgIpc) is 3.36. The van der Waals surface area contributed by atoms with Crippen molar-refractivity contribution < 1.29 is 9.53 Å². The first-order chi connectivity index (χ1) is 17.9. The number of nitrogens with one attached hydrogen (secondary N) is 3. The standard InChI is InChI=1S/C27H25ClN4O2S3/c1-3-24(25(33)32-27-31-22(16-36-27)17-11-13-18(28)14-12-17)37-20-8-6-7-19(15-20)29-26(35)30-21-9-4-5-10-23(21)34-2/h4-16,24H,3H2,1-2H3,(H2,29,30,35)(H,31,32,33). The van der Waals surface area contributed by atoms with E-state index in [-0.39, 0.29) is 11.2 Å². The Labute approximate surface area is 234 Å². The molecule has 1 unspecified atom stereocenters. The fraction of sp³-hybridized carbons (Fsp3) is 0.148. The Morgan fingerprint density at radius 3 is 2.62 bits per heavy atom. The fourth-order valence-corrected chi connectivity index (χ4v) is 5.53. The summed E-state index contributed by atoms with van der Waals surface area (Å²) in [4.78, 5) is 18.5. The van der Waals surface area contributed by atoms with E-state index in [4.69, 9.17) is 28.6 Å². The SMILES string of the molecule is CCC(Sc1cccc(NC(=S)Nc2ccccc2OC)c1)C(=O)Nc1nc(-c2ccc(Cl)cc2)cs1. The molecule has 190 valence electrons. The average molecular weight is 569 g/mol. The molecule has 0 aliphatic heterocycles. The molecule has 0 spiro atoms. The Hall–Kier alpha value is -3.11. The highest BCUT2D eigenvalue weighted by molar-refractivity contribution is 8.00. The number of thiazole rings is 1. The molecule has 4 aromatic rings. The van der Waals surface area contributed by atoms with Gasteiger partial charge in [-0.1, -0.05) is 48.9 Å². The number of carbonyl (C=O) groups excluding carboxylic acids is 1. The second kappa shape index (κ2) is 12.9. The van der Waals surface area contributed by atoms with Gasteiger partial charge in [-0.2, -0.15) is 0 Å². The number of para-hydroxylation sites is 2. The Morgan fingerprint density at radius 1 is 1.08 bits per heavy atom. The smallest absolute Gasteiger partial charge is 0.239 e. The summed E-state index contributed by atoms with van der Waals surface area (Å²) in [5.74, 6) is 0.615. The van der Waals surface area contributed by atoms with Gasteiger partial charge in [-0.25, -0.2) is 4.98 Å². The number of benzene rings is 3. The van der Waals surface area contributed by atoms with Gasteiger partial charge in [0.1, 0.15) is 5.75 Å². The third-order valence-corrected chi connectivity index (χ3v) is 7.83. The van der Waals surface area contributed by atoms with E-state index in [9.17, 15) is 4.79 Å². The molecule has 1 amide bonds. The number of anilines is 3. The third kappa shape index (κ3) is 7.45. The number of hydrogen-bond acceptors (Lipinski definition) is 6. The van der Waals surface area contributed by atoms with E-state index in [0.717, 1.165) is 27.5 Å². The molecule has 0 aliphatic carbocycles. The van der Waals surface area contributed by atoms with Crippen LogP contribution in [0.5, 0.6) is 5.75 Å². The maximum Gasteiger partial charge on any atom is 0.239 e. The molecule has 1 heterocycles. The lowest BCUT2D eigenvalue weighted by Crippen LogP contribution is -2.24. The van der Waals surface area contributed by atoms with E-state index < -0.39 is 0 Å². The monoisotopic (exact) mass is 568 g/mol. The fourth-order valence-electron chi connectivity index (χ4n) is 3.44. The molecule has 6 nitrogen and oxygen atoms in total. The molecule has 0 saturated heterocycles. The zero-order chi connectivity index (χ0) is 26.2. The quantitative estimate of drug-likeness (QED) is 0.140. The minimum Gasteiger partial charge on any atom is -0.495 e. The van der Waals surface area contributed by atoms with Gasteiger partial charge in [0.05, 0.1) is 23.7 Å². The van der Waals surface area contributed by atoms with E-state index >= 15 is 0 Å². The van der Waals surface area contributed by atoms with Crippen LogP contribution in [0.1, 0.15) is 13.3 Å². The Morgan fingerprint density at radius 2 is 1.86 bits per heavy atom. The molecule has 0 radical (unpaired) electrons. The van der Waals surface area contributed by atoms with E-state index in [1.165, 1.54) is 23.1 Å². The molecule has 1 aromatic heterocycles. The van der Waals surface area contributed by atoms with Gasteiger partial charge >= 0.3 is 0 Å². The van der Waals surface area contributed by atoms with Crippen LogP contribution < -0.4 is 20.7 Å². The van der Waals surface area contributed by atoms with E-state index in [2.05, 4.69) is 20.9 Å². The number of hydrogen-bond donors (Lipinski definition) is 3. The van der Waals surface area contributed by atoms with Gasteiger partial charge in [0.2, 0.25) is 5.91 Å². The molecule has 37 heavy (non-hydrogen) atoms. The summed E-state index contributed by atoms with van der Waals surface area (Å²) in [6.45, 7) is 1.99. The lowest BCUT2D eigenvalue weighted by atomic mass is 10.2. The second-order valence-corrected chi connectivity index (χ2v) is 10.8. The van der Waals surface area contributed by atoms with Crippen LogP contribution in [-0.4, -0.2) is 28.4 Å². The first-order valence-electron chi connectivity index (χ1n) is 11.4. The Balaban J connectivity index is 1.36. The third-order valence-electron chi connectivity index (χ3n) is 5.26. The van der Waals surface area contributed by atoms with Crippen molar-refractivity contribution in [1.82, 2.24) is 4.98 Å². The highest BCUT2D eigenvalue weighted by atomic mass is 35.5. The van der Waals surface area contributed by atoms with Gasteiger partial charge < -0.3 is 20.7 Å². The van der Waals surface area contributed by atoms with E-state index in [1.807, 2.05) is 85.1 Å². The molecule has 0 saturated carbocycles. The van der Waals surface area contributed by atoms with Gasteiger partial charge in [-0.05, 0) is 61.1 Å². The number of amides is 1. The molecule has 0 fully saturated rings. The molecule has 3 N–H and O–H groups in total. The minimum absolute atomic E-state index is 0.0868. The van der Waals surface area contributed by atoms with Crippen molar-refractivity contribution in [3.8, 4) is 17.0 Å². The van der Waals surface area contributed by atoms with Crippen molar-refractivity contribution in [3.63, 3.8) is 0 Å². The topological polar surface area (TPSA) is 75.3 Å². The Bertz CT molecular complexity index is 1380. The van der Waals surface area contributed by atoms with Gasteiger partial charge in [-0.3, -0.25) is 4.79 Å². The van der Waals surface area contributed by atoms with Crippen molar-refractivity contribution >= 4 is 74.4 Å². The summed E-state index contributed by atoms with van der Waals surface area (Å²) in [6, 6.07) is 22.8. The molecule has 4 rings (SSSR count). The number of thiocarbonyl (C=S) groups is 1. The lowest BCUT2D eigenvalue weighted by molar-refractivity contribution is -0.115. The van der Waals surface area contributed by atoms with Crippen LogP contribution in [0, 0.1) is 0 Å². The van der Waals surface area contributed by atoms with Crippen molar-refractivity contribution in [2.75, 3.05) is 23.1 Å². The first kappa shape index (κ1) is 26.9. The van der Waals surface area contributed by atoms with Gasteiger partial charge in [-0.15, -0.1) is 23.1 Å². The molecular weight excluding hydrogens is 544 g/mol. The highest BCUT2D eigenvalue weighted by Crippen LogP contribution is 2.31. The molecule has 0 aliphatic rings. The van der Waals surface area contributed by atoms with Gasteiger partial charge in [0, 0.05) is 26.5 Å². The molecule has 3 aromatic carbocycles. The Kier molecular flexibility index (Phi) is 9.40. The van der Waals surface area contributed by atoms with Crippen LogP contribution in [0.15, 0.2) is 83.1 Å². The van der Waals surface area contributed by atoms with E-state index in [1.54, 1.807) is 7.11 Å². The summed E-state index contributed by atoms with van der Waals surface area (Å²) in [5, 5.41) is 12.6. The summed E-state index contributed by atoms with van der Waals surface area (Å²) >= 11 is 14.3. The maximum atomic E-state index is 13.0. The molecular formula is C27H25ClN4O2S3. The van der Waals surface area contributed by atoms with Crippen LogP contribution in [-0.2, 0) is 4.79 Å². The number of halogens is 1. The number of methoxy groups -OCH3 is 1. The van der Waals surface area contributed by atoms with Gasteiger partial charge in [0.25, 0.3) is 0 Å².